The third-order valence-electron chi connectivity index (χ3n) is 4.00. The minimum atomic E-state index is -0.668. The predicted octanol–water partition coefficient (Wildman–Crippen LogP) is 3.09. The van der Waals surface area contributed by atoms with E-state index in [1.54, 1.807) is 0 Å². The van der Waals surface area contributed by atoms with Gasteiger partial charge in [-0.1, -0.05) is 26.7 Å². The van der Waals surface area contributed by atoms with Crippen LogP contribution < -0.4 is 5.32 Å². The van der Waals surface area contributed by atoms with Crippen molar-refractivity contribution in [2.45, 2.75) is 76.3 Å². The maximum Gasteiger partial charge on any atom is 0.0473 e. The van der Waals surface area contributed by atoms with Gasteiger partial charge in [0, 0.05) is 27.3 Å². The fraction of sp³-hybridized carbons (Fsp3) is 1.00. The van der Waals surface area contributed by atoms with E-state index < -0.39 is 10.8 Å². The average Bonchev–Trinajstić information content (AvgIpc) is 2.34. The average molecular weight is 259 g/mol. The number of hydrogen-bond donors (Lipinski definition) is 1. The molecule has 0 heterocycles. The fourth-order valence-corrected chi connectivity index (χ4v) is 4.66. The van der Waals surface area contributed by atoms with Crippen molar-refractivity contribution in [1.29, 1.82) is 0 Å². The van der Waals surface area contributed by atoms with Crippen molar-refractivity contribution in [3.8, 4) is 0 Å². The van der Waals surface area contributed by atoms with Crippen molar-refractivity contribution in [3.63, 3.8) is 0 Å². The van der Waals surface area contributed by atoms with Crippen LogP contribution in [0.1, 0.15) is 59.8 Å². The minimum Gasteiger partial charge on any atom is -0.313 e. The van der Waals surface area contributed by atoms with E-state index in [1.807, 2.05) is 0 Å². The maximum atomic E-state index is 12.5. The topological polar surface area (TPSA) is 29.1 Å². The Hall–Kier alpha value is 0.110. The van der Waals surface area contributed by atoms with Crippen LogP contribution in [0.5, 0.6) is 0 Å². The summed E-state index contributed by atoms with van der Waals surface area (Å²) in [5.41, 5.74) is 0. The molecule has 0 radical (unpaired) electrons. The molecule has 0 aromatic heterocycles. The number of rotatable bonds is 6. The highest BCUT2D eigenvalue weighted by Crippen LogP contribution is 2.28. The molecule has 0 aromatic carbocycles. The molecule has 0 aromatic rings. The summed E-state index contributed by atoms with van der Waals surface area (Å²) in [4.78, 5) is 0. The Morgan fingerprint density at radius 1 is 1.35 bits per heavy atom. The zero-order valence-corrected chi connectivity index (χ0v) is 12.7. The Balaban J connectivity index is 2.44. The van der Waals surface area contributed by atoms with Crippen molar-refractivity contribution >= 4 is 10.8 Å². The predicted molar refractivity (Wildman–Crippen MR) is 76.8 cm³/mol. The summed E-state index contributed by atoms with van der Waals surface area (Å²) in [6.45, 7) is 9.81. The van der Waals surface area contributed by atoms with Gasteiger partial charge in [0.05, 0.1) is 0 Å². The standard InChI is InChI=1S/C14H29NOS/c1-5-9-15-12(3)13(4)17(16)14-8-6-7-11(2)10-14/h11-15H,5-10H2,1-4H3. The molecule has 2 nitrogen and oxygen atoms in total. The zero-order chi connectivity index (χ0) is 12.8. The van der Waals surface area contributed by atoms with Gasteiger partial charge in [0.1, 0.15) is 0 Å². The second kappa shape index (κ2) is 7.52. The minimum absolute atomic E-state index is 0.275. The highest BCUT2D eigenvalue weighted by atomic mass is 32.2. The van der Waals surface area contributed by atoms with Crippen LogP contribution in [0.2, 0.25) is 0 Å². The first-order chi connectivity index (χ1) is 8.06. The molecule has 1 fully saturated rings. The van der Waals surface area contributed by atoms with Gasteiger partial charge in [0.15, 0.2) is 0 Å². The van der Waals surface area contributed by atoms with Crippen molar-refractivity contribution < 1.29 is 4.21 Å². The third kappa shape index (κ3) is 4.70. The van der Waals surface area contributed by atoms with Crippen LogP contribution in [0.25, 0.3) is 0 Å². The molecule has 102 valence electrons. The molecule has 1 N–H and O–H groups in total. The third-order valence-corrected chi connectivity index (χ3v) is 6.23. The monoisotopic (exact) mass is 259 g/mol. The summed E-state index contributed by atoms with van der Waals surface area (Å²) >= 11 is 0. The molecule has 1 aliphatic rings. The molecule has 17 heavy (non-hydrogen) atoms. The molecule has 0 saturated heterocycles. The smallest absolute Gasteiger partial charge is 0.0473 e. The second-order valence-corrected chi connectivity index (χ2v) is 7.74. The van der Waals surface area contributed by atoms with Crippen molar-refractivity contribution in [2.75, 3.05) is 6.54 Å². The Morgan fingerprint density at radius 2 is 2.06 bits per heavy atom. The molecule has 0 amide bonds. The Kier molecular flexibility index (Phi) is 6.71. The molecule has 5 unspecified atom stereocenters. The molecular weight excluding hydrogens is 230 g/mol. The van der Waals surface area contributed by atoms with Gasteiger partial charge in [-0.05, 0) is 45.6 Å². The SMILES string of the molecule is CCCNC(C)C(C)S(=O)C1CCCC(C)C1. The molecule has 1 aliphatic carbocycles. The highest BCUT2D eigenvalue weighted by molar-refractivity contribution is 7.86. The van der Waals surface area contributed by atoms with E-state index in [0.717, 1.165) is 25.3 Å². The summed E-state index contributed by atoms with van der Waals surface area (Å²) in [6, 6.07) is 0.369. The van der Waals surface area contributed by atoms with E-state index in [9.17, 15) is 4.21 Å². The Labute approximate surface area is 109 Å². The van der Waals surface area contributed by atoms with E-state index in [1.165, 1.54) is 19.3 Å². The lowest BCUT2D eigenvalue weighted by Crippen LogP contribution is -2.42. The van der Waals surface area contributed by atoms with Crippen LogP contribution in [0.15, 0.2) is 0 Å². The van der Waals surface area contributed by atoms with Gasteiger partial charge in [0.25, 0.3) is 0 Å². The van der Waals surface area contributed by atoms with Crippen LogP contribution >= 0.6 is 0 Å². The molecule has 3 heteroatoms. The molecule has 5 atom stereocenters. The van der Waals surface area contributed by atoms with Crippen LogP contribution in [0.3, 0.4) is 0 Å². The first-order valence-electron chi connectivity index (χ1n) is 7.19. The maximum absolute atomic E-state index is 12.5. The van der Waals surface area contributed by atoms with E-state index in [0.29, 0.717) is 11.3 Å². The molecule has 0 bridgehead atoms. The summed E-state index contributed by atoms with van der Waals surface area (Å²) in [7, 11) is -0.668. The Morgan fingerprint density at radius 3 is 2.65 bits per heavy atom. The van der Waals surface area contributed by atoms with Crippen LogP contribution in [0.4, 0.5) is 0 Å². The van der Waals surface area contributed by atoms with E-state index in [-0.39, 0.29) is 5.25 Å². The summed E-state index contributed by atoms with van der Waals surface area (Å²) in [5, 5.41) is 4.19. The lowest BCUT2D eigenvalue weighted by Gasteiger charge is -2.30. The zero-order valence-electron chi connectivity index (χ0n) is 11.9. The lowest BCUT2D eigenvalue weighted by atomic mass is 9.91. The van der Waals surface area contributed by atoms with Crippen molar-refractivity contribution in [1.82, 2.24) is 5.32 Å². The van der Waals surface area contributed by atoms with Gasteiger partial charge >= 0.3 is 0 Å². The summed E-state index contributed by atoms with van der Waals surface area (Å²) < 4.78 is 12.5. The van der Waals surface area contributed by atoms with Gasteiger partial charge in [-0.15, -0.1) is 0 Å². The Bertz CT molecular complexity index is 244. The summed E-state index contributed by atoms with van der Waals surface area (Å²) in [6.07, 6.45) is 6.07. The summed E-state index contributed by atoms with van der Waals surface area (Å²) in [5.74, 6) is 0.767. The quantitative estimate of drug-likeness (QED) is 0.794. The van der Waals surface area contributed by atoms with Gasteiger partial charge in [0.2, 0.25) is 0 Å². The second-order valence-electron chi connectivity index (χ2n) is 5.67. The fourth-order valence-electron chi connectivity index (χ4n) is 2.63. The van der Waals surface area contributed by atoms with Crippen LogP contribution in [0, 0.1) is 5.92 Å². The number of nitrogens with one attached hydrogen (secondary N) is 1. The van der Waals surface area contributed by atoms with Crippen LogP contribution in [-0.2, 0) is 10.8 Å². The van der Waals surface area contributed by atoms with E-state index >= 15 is 0 Å². The first kappa shape index (κ1) is 15.2. The largest absolute Gasteiger partial charge is 0.313 e. The number of hydrogen-bond acceptors (Lipinski definition) is 2. The van der Waals surface area contributed by atoms with Gasteiger partial charge < -0.3 is 5.32 Å². The van der Waals surface area contributed by atoms with Gasteiger partial charge in [-0.3, -0.25) is 4.21 Å². The highest BCUT2D eigenvalue weighted by Gasteiger charge is 2.29. The molecule has 1 rings (SSSR count). The molecular formula is C14H29NOS. The van der Waals surface area contributed by atoms with Crippen molar-refractivity contribution in [3.05, 3.63) is 0 Å². The van der Waals surface area contributed by atoms with E-state index in [4.69, 9.17) is 0 Å². The van der Waals surface area contributed by atoms with Crippen molar-refractivity contribution in [2.24, 2.45) is 5.92 Å². The van der Waals surface area contributed by atoms with Gasteiger partial charge in [-0.25, -0.2) is 0 Å². The molecule has 0 spiro atoms. The molecule has 1 saturated carbocycles. The lowest BCUT2D eigenvalue weighted by molar-refractivity contribution is 0.386. The van der Waals surface area contributed by atoms with Gasteiger partial charge in [-0.2, -0.15) is 0 Å². The van der Waals surface area contributed by atoms with Crippen LogP contribution in [-0.4, -0.2) is 27.3 Å². The van der Waals surface area contributed by atoms with E-state index in [2.05, 4.69) is 33.0 Å². The normalized spacial score (nSPS) is 30.8. The first-order valence-corrected chi connectivity index (χ1v) is 8.46. The molecule has 0 aliphatic heterocycles.